The summed E-state index contributed by atoms with van der Waals surface area (Å²) < 4.78 is 0. The van der Waals surface area contributed by atoms with Gasteiger partial charge in [0.05, 0.1) is 0 Å². The van der Waals surface area contributed by atoms with E-state index in [1.54, 1.807) is 0 Å². The molecule has 0 aliphatic rings. The quantitative estimate of drug-likeness (QED) is 0.493. The van der Waals surface area contributed by atoms with Crippen LogP contribution in [0.25, 0.3) is 0 Å². The van der Waals surface area contributed by atoms with Gasteiger partial charge in [-0.25, -0.2) is 0 Å². The van der Waals surface area contributed by atoms with Gasteiger partial charge in [0.2, 0.25) is 5.91 Å². The Morgan fingerprint density at radius 3 is 2.53 bits per heavy atom. The Labute approximate surface area is 90.6 Å². The van der Waals surface area contributed by atoms with Crippen molar-refractivity contribution in [3.05, 3.63) is 12.7 Å². The molecule has 4 nitrogen and oxygen atoms in total. The molecule has 1 amide bonds. The summed E-state index contributed by atoms with van der Waals surface area (Å²) in [6.07, 6.45) is 6.10. The van der Waals surface area contributed by atoms with Crippen LogP contribution in [-0.4, -0.2) is 35.5 Å². The molecule has 0 bridgehead atoms. The highest BCUT2D eigenvalue weighted by Gasteiger charge is 2.10. The molecule has 0 heterocycles. The largest absolute Gasteiger partial charge is 0.480 e. The Morgan fingerprint density at radius 1 is 1.33 bits per heavy atom. The molecule has 0 aliphatic heterocycles. The lowest BCUT2D eigenvalue weighted by Crippen LogP contribution is -2.31. The van der Waals surface area contributed by atoms with Gasteiger partial charge in [0.25, 0.3) is 0 Å². The highest BCUT2D eigenvalue weighted by Crippen LogP contribution is 2.04. The van der Waals surface area contributed by atoms with Crippen molar-refractivity contribution in [3.63, 3.8) is 0 Å². The number of amides is 1. The maximum atomic E-state index is 11.4. The van der Waals surface area contributed by atoms with Crippen LogP contribution < -0.4 is 0 Å². The molecule has 86 valence electrons. The Hall–Kier alpha value is -1.32. The second-order valence-electron chi connectivity index (χ2n) is 3.53. The van der Waals surface area contributed by atoms with Crippen molar-refractivity contribution in [1.29, 1.82) is 0 Å². The van der Waals surface area contributed by atoms with E-state index in [1.165, 1.54) is 11.9 Å². The average molecular weight is 213 g/mol. The molecule has 0 rings (SSSR count). The molecule has 4 heteroatoms. The first-order valence-electron chi connectivity index (χ1n) is 5.14. The van der Waals surface area contributed by atoms with Crippen molar-refractivity contribution in [3.8, 4) is 0 Å². The van der Waals surface area contributed by atoms with E-state index in [9.17, 15) is 9.59 Å². The molecular formula is C11H19NO3. The summed E-state index contributed by atoms with van der Waals surface area (Å²) in [4.78, 5) is 22.9. The van der Waals surface area contributed by atoms with E-state index in [0.717, 1.165) is 25.7 Å². The van der Waals surface area contributed by atoms with E-state index in [0.29, 0.717) is 6.42 Å². The van der Waals surface area contributed by atoms with Crippen LogP contribution >= 0.6 is 0 Å². The van der Waals surface area contributed by atoms with Gasteiger partial charge >= 0.3 is 5.97 Å². The lowest BCUT2D eigenvalue weighted by molar-refractivity contribution is -0.143. The average Bonchev–Trinajstić information content (AvgIpc) is 2.16. The predicted molar refractivity (Wildman–Crippen MR) is 58.6 cm³/mol. The van der Waals surface area contributed by atoms with E-state index in [4.69, 9.17) is 5.11 Å². The lowest BCUT2D eigenvalue weighted by Gasteiger charge is -2.13. The van der Waals surface area contributed by atoms with E-state index in [-0.39, 0.29) is 12.5 Å². The minimum absolute atomic E-state index is 0.101. The Bertz CT molecular complexity index is 226. The number of allylic oxidation sites excluding steroid dienone is 1. The highest BCUT2D eigenvalue weighted by molar-refractivity contribution is 5.80. The van der Waals surface area contributed by atoms with Crippen LogP contribution in [0.15, 0.2) is 12.7 Å². The molecule has 0 aromatic heterocycles. The number of unbranched alkanes of at least 4 members (excludes halogenated alkanes) is 3. The zero-order valence-corrected chi connectivity index (χ0v) is 9.24. The van der Waals surface area contributed by atoms with E-state index >= 15 is 0 Å². The number of carboxylic acids is 1. The van der Waals surface area contributed by atoms with Gasteiger partial charge in [-0.15, -0.1) is 6.58 Å². The van der Waals surface area contributed by atoms with Gasteiger partial charge in [-0.1, -0.05) is 12.5 Å². The van der Waals surface area contributed by atoms with Gasteiger partial charge in [0.15, 0.2) is 0 Å². The first-order valence-corrected chi connectivity index (χ1v) is 5.14. The number of carboxylic acid groups (broad SMARTS) is 1. The smallest absolute Gasteiger partial charge is 0.323 e. The van der Waals surface area contributed by atoms with Gasteiger partial charge in [0, 0.05) is 13.5 Å². The van der Waals surface area contributed by atoms with Crippen LogP contribution in [0.3, 0.4) is 0 Å². The summed E-state index contributed by atoms with van der Waals surface area (Å²) in [5.74, 6) is -1.08. The molecule has 0 aromatic rings. The summed E-state index contributed by atoms with van der Waals surface area (Å²) in [7, 11) is 1.51. The minimum Gasteiger partial charge on any atom is -0.480 e. The SMILES string of the molecule is C=CCCCCCC(=O)N(C)CC(=O)O. The molecule has 0 aromatic carbocycles. The number of nitrogens with zero attached hydrogens (tertiary/aromatic N) is 1. The zero-order chi connectivity index (χ0) is 11.7. The Balaban J connectivity index is 3.55. The normalized spacial score (nSPS) is 9.67. The molecule has 0 aliphatic carbocycles. The summed E-state index contributed by atoms with van der Waals surface area (Å²) >= 11 is 0. The number of rotatable bonds is 8. The second kappa shape index (κ2) is 8.03. The molecular weight excluding hydrogens is 194 g/mol. The lowest BCUT2D eigenvalue weighted by atomic mass is 10.1. The van der Waals surface area contributed by atoms with Crippen LogP contribution in [0, 0.1) is 0 Å². The van der Waals surface area contributed by atoms with Crippen molar-refractivity contribution in [2.24, 2.45) is 0 Å². The Morgan fingerprint density at radius 2 is 2.00 bits per heavy atom. The number of carbonyl (C=O) groups excluding carboxylic acids is 1. The monoisotopic (exact) mass is 213 g/mol. The molecule has 1 N–H and O–H groups in total. The van der Waals surface area contributed by atoms with Gasteiger partial charge in [0.1, 0.15) is 6.54 Å². The van der Waals surface area contributed by atoms with E-state index < -0.39 is 5.97 Å². The molecule has 0 unspecified atom stereocenters. The molecule has 0 spiro atoms. The van der Waals surface area contributed by atoms with Crippen LogP contribution in [0.1, 0.15) is 32.1 Å². The van der Waals surface area contributed by atoms with E-state index in [1.807, 2.05) is 6.08 Å². The van der Waals surface area contributed by atoms with Gasteiger partial charge in [-0.3, -0.25) is 9.59 Å². The number of carbonyl (C=O) groups is 2. The van der Waals surface area contributed by atoms with Crippen molar-refractivity contribution in [2.45, 2.75) is 32.1 Å². The molecule has 0 fully saturated rings. The number of aliphatic carboxylic acids is 1. The summed E-state index contributed by atoms with van der Waals surface area (Å²) in [5.41, 5.74) is 0. The summed E-state index contributed by atoms with van der Waals surface area (Å²) in [6, 6.07) is 0. The van der Waals surface area contributed by atoms with Crippen molar-refractivity contribution < 1.29 is 14.7 Å². The van der Waals surface area contributed by atoms with Gasteiger partial charge in [-0.05, 0) is 19.3 Å². The topological polar surface area (TPSA) is 57.6 Å². The number of hydrogen-bond acceptors (Lipinski definition) is 2. The Kier molecular flexibility index (Phi) is 7.32. The van der Waals surface area contributed by atoms with Crippen molar-refractivity contribution in [1.82, 2.24) is 4.90 Å². The maximum Gasteiger partial charge on any atom is 0.323 e. The third-order valence-electron chi connectivity index (χ3n) is 2.10. The maximum absolute atomic E-state index is 11.4. The van der Waals surface area contributed by atoms with E-state index in [2.05, 4.69) is 6.58 Å². The molecule has 0 saturated heterocycles. The standard InChI is InChI=1S/C11H19NO3/c1-3-4-5-6-7-8-10(13)12(2)9-11(14)15/h3H,1,4-9H2,2H3,(H,14,15). The summed E-state index contributed by atoms with van der Waals surface area (Å²) in [6.45, 7) is 3.40. The third-order valence-corrected chi connectivity index (χ3v) is 2.10. The van der Waals surface area contributed by atoms with Crippen molar-refractivity contribution >= 4 is 11.9 Å². The fourth-order valence-electron chi connectivity index (χ4n) is 1.22. The summed E-state index contributed by atoms with van der Waals surface area (Å²) in [5, 5.41) is 8.47. The first kappa shape index (κ1) is 13.7. The zero-order valence-electron chi connectivity index (χ0n) is 9.24. The van der Waals surface area contributed by atoms with Crippen LogP contribution in [-0.2, 0) is 9.59 Å². The van der Waals surface area contributed by atoms with Crippen LogP contribution in [0.5, 0.6) is 0 Å². The molecule has 0 atom stereocenters. The van der Waals surface area contributed by atoms with Crippen molar-refractivity contribution in [2.75, 3.05) is 13.6 Å². The second-order valence-corrected chi connectivity index (χ2v) is 3.53. The third kappa shape index (κ3) is 7.73. The molecule has 0 radical (unpaired) electrons. The first-order chi connectivity index (χ1) is 7.07. The predicted octanol–water partition coefficient (Wildman–Crippen LogP) is 1.67. The van der Waals surface area contributed by atoms with Crippen LogP contribution in [0.2, 0.25) is 0 Å². The van der Waals surface area contributed by atoms with Gasteiger partial charge in [-0.2, -0.15) is 0 Å². The number of hydrogen-bond donors (Lipinski definition) is 1. The van der Waals surface area contributed by atoms with Gasteiger partial charge < -0.3 is 10.0 Å². The fourth-order valence-corrected chi connectivity index (χ4v) is 1.22. The minimum atomic E-state index is -0.975. The highest BCUT2D eigenvalue weighted by atomic mass is 16.4. The molecule has 0 saturated carbocycles. The fraction of sp³-hybridized carbons (Fsp3) is 0.636. The number of likely N-dealkylation sites (N-methyl/N-ethyl adjacent to an activating group) is 1. The van der Waals surface area contributed by atoms with Crippen LogP contribution in [0.4, 0.5) is 0 Å². The molecule has 15 heavy (non-hydrogen) atoms.